The number of halogens is 1. The van der Waals surface area contributed by atoms with Crippen LogP contribution in [-0.4, -0.2) is 24.0 Å². The van der Waals surface area contributed by atoms with E-state index < -0.39 is 0 Å². The molecular formula is C13H14BrNO2. The van der Waals surface area contributed by atoms with E-state index >= 15 is 0 Å². The molecule has 0 unspecified atom stereocenters. The van der Waals surface area contributed by atoms with Gasteiger partial charge in [0.1, 0.15) is 0 Å². The van der Waals surface area contributed by atoms with Crippen molar-refractivity contribution in [1.82, 2.24) is 4.98 Å². The van der Waals surface area contributed by atoms with E-state index in [1.807, 2.05) is 18.5 Å². The minimum Gasteiger partial charge on any atom is -0.347 e. The van der Waals surface area contributed by atoms with E-state index in [1.165, 1.54) is 11.1 Å². The second-order valence-corrected chi connectivity index (χ2v) is 5.25. The summed E-state index contributed by atoms with van der Waals surface area (Å²) in [7, 11) is 0. The Bertz CT molecular complexity index is 452. The normalized spacial score (nSPS) is 22.8. The van der Waals surface area contributed by atoms with Crippen LogP contribution in [0, 0.1) is 0 Å². The summed E-state index contributed by atoms with van der Waals surface area (Å²) in [6, 6.07) is 2.05. The molecule has 0 amide bonds. The van der Waals surface area contributed by atoms with Gasteiger partial charge >= 0.3 is 0 Å². The van der Waals surface area contributed by atoms with Crippen molar-refractivity contribution < 1.29 is 9.47 Å². The highest BCUT2D eigenvalue weighted by Crippen LogP contribution is 2.39. The van der Waals surface area contributed by atoms with E-state index in [0.29, 0.717) is 0 Å². The first-order valence-electron chi connectivity index (χ1n) is 5.86. The van der Waals surface area contributed by atoms with E-state index in [2.05, 4.69) is 27.0 Å². The van der Waals surface area contributed by atoms with Gasteiger partial charge in [-0.2, -0.15) is 0 Å². The average molecular weight is 296 g/mol. The summed E-state index contributed by atoms with van der Waals surface area (Å²) in [5.74, 6) is -0.330. The van der Waals surface area contributed by atoms with E-state index in [-0.39, 0.29) is 5.79 Å². The quantitative estimate of drug-likeness (QED) is 0.797. The van der Waals surface area contributed by atoms with Crippen LogP contribution in [0.15, 0.2) is 29.0 Å². The molecule has 0 radical (unpaired) electrons. The SMILES string of the molecule is Brc1cnccc1C1=CCC2(CC1)OCCO2. The molecule has 1 saturated heterocycles. The third kappa shape index (κ3) is 2.17. The van der Waals surface area contributed by atoms with Gasteiger partial charge in [-0.3, -0.25) is 4.98 Å². The molecule has 1 aromatic rings. The Hall–Kier alpha value is -0.710. The molecule has 1 aliphatic heterocycles. The third-order valence-corrected chi connectivity index (χ3v) is 4.00. The van der Waals surface area contributed by atoms with Gasteiger partial charge in [0.15, 0.2) is 5.79 Å². The molecule has 0 bridgehead atoms. The van der Waals surface area contributed by atoms with Crippen molar-refractivity contribution in [3.8, 4) is 0 Å². The summed E-state index contributed by atoms with van der Waals surface area (Å²) in [5, 5.41) is 0. The largest absolute Gasteiger partial charge is 0.347 e. The Morgan fingerprint density at radius 3 is 2.76 bits per heavy atom. The van der Waals surface area contributed by atoms with Crippen LogP contribution >= 0.6 is 15.9 Å². The van der Waals surface area contributed by atoms with Gasteiger partial charge in [-0.1, -0.05) is 6.08 Å². The van der Waals surface area contributed by atoms with Crippen LogP contribution in [0.1, 0.15) is 24.8 Å². The molecule has 1 aliphatic carbocycles. The molecule has 4 heteroatoms. The lowest BCUT2D eigenvalue weighted by Gasteiger charge is -2.30. The molecule has 1 fully saturated rings. The highest BCUT2D eigenvalue weighted by molar-refractivity contribution is 9.10. The number of allylic oxidation sites excluding steroid dienone is 1. The van der Waals surface area contributed by atoms with Crippen molar-refractivity contribution in [2.75, 3.05) is 13.2 Å². The second-order valence-electron chi connectivity index (χ2n) is 4.40. The van der Waals surface area contributed by atoms with Crippen molar-refractivity contribution in [2.24, 2.45) is 0 Å². The Kier molecular flexibility index (Phi) is 3.03. The van der Waals surface area contributed by atoms with Crippen molar-refractivity contribution in [3.63, 3.8) is 0 Å². The number of aromatic nitrogens is 1. The number of hydrogen-bond donors (Lipinski definition) is 0. The number of rotatable bonds is 1. The Morgan fingerprint density at radius 2 is 2.12 bits per heavy atom. The smallest absolute Gasteiger partial charge is 0.172 e. The summed E-state index contributed by atoms with van der Waals surface area (Å²) in [5.41, 5.74) is 2.58. The maximum Gasteiger partial charge on any atom is 0.172 e. The number of hydrogen-bond acceptors (Lipinski definition) is 3. The van der Waals surface area contributed by atoms with Crippen LogP contribution in [0.2, 0.25) is 0 Å². The number of ether oxygens (including phenoxy) is 2. The van der Waals surface area contributed by atoms with Crippen molar-refractivity contribution in [2.45, 2.75) is 25.0 Å². The van der Waals surface area contributed by atoms with Gasteiger partial charge in [0.25, 0.3) is 0 Å². The molecule has 90 valence electrons. The lowest BCUT2D eigenvalue weighted by molar-refractivity contribution is -0.159. The monoisotopic (exact) mass is 295 g/mol. The standard InChI is InChI=1S/C13H14BrNO2/c14-12-9-15-6-3-11(12)10-1-4-13(5-2-10)16-7-8-17-13/h1,3,6,9H,2,4-5,7-8H2. The minimum absolute atomic E-state index is 0.330. The maximum atomic E-state index is 5.70. The van der Waals surface area contributed by atoms with Gasteiger partial charge < -0.3 is 9.47 Å². The summed E-state index contributed by atoms with van der Waals surface area (Å²) in [6.45, 7) is 1.45. The molecule has 0 aromatic carbocycles. The minimum atomic E-state index is -0.330. The fourth-order valence-corrected chi connectivity index (χ4v) is 2.95. The zero-order chi connectivity index (χ0) is 11.7. The Labute approximate surface area is 109 Å². The summed E-state index contributed by atoms with van der Waals surface area (Å²) in [6.07, 6.45) is 8.67. The van der Waals surface area contributed by atoms with Crippen molar-refractivity contribution >= 4 is 21.5 Å². The van der Waals surface area contributed by atoms with Gasteiger partial charge in [-0.05, 0) is 39.6 Å². The average Bonchev–Trinajstić information content (AvgIpc) is 2.80. The first-order chi connectivity index (χ1) is 8.29. The number of nitrogens with zero attached hydrogens (tertiary/aromatic N) is 1. The molecular weight excluding hydrogens is 282 g/mol. The molecule has 17 heavy (non-hydrogen) atoms. The summed E-state index contributed by atoms with van der Waals surface area (Å²) in [4.78, 5) is 4.09. The Morgan fingerprint density at radius 1 is 1.29 bits per heavy atom. The molecule has 2 aliphatic rings. The summed E-state index contributed by atoms with van der Waals surface area (Å²) >= 11 is 3.54. The lowest BCUT2D eigenvalue weighted by Crippen LogP contribution is -2.31. The fraction of sp³-hybridized carbons (Fsp3) is 0.462. The molecule has 3 nitrogen and oxygen atoms in total. The molecule has 0 saturated carbocycles. The molecule has 3 rings (SSSR count). The molecule has 0 atom stereocenters. The topological polar surface area (TPSA) is 31.4 Å². The molecule has 1 aromatic heterocycles. The van der Waals surface area contributed by atoms with Crippen LogP contribution in [0.3, 0.4) is 0 Å². The van der Waals surface area contributed by atoms with E-state index in [9.17, 15) is 0 Å². The van der Waals surface area contributed by atoms with Gasteiger partial charge in [-0.15, -0.1) is 0 Å². The third-order valence-electron chi connectivity index (χ3n) is 3.37. The van der Waals surface area contributed by atoms with Crippen LogP contribution in [0.5, 0.6) is 0 Å². The second kappa shape index (κ2) is 4.52. The van der Waals surface area contributed by atoms with E-state index in [1.54, 1.807) is 0 Å². The van der Waals surface area contributed by atoms with E-state index in [0.717, 1.165) is 36.9 Å². The van der Waals surface area contributed by atoms with Crippen LogP contribution in [0.4, 0.5) is 0 Å². The van der Waals surface area contributed by atoms with E-state index in [4.69, 9.17) is 9.47 Å². The zero-order valence-electron chi connectivity index (χ0n) is 9.49. The highest BCUT2D eigenvalue weighted by Gasteiger charge is 2.37. The maximum absolute atomic E-state index is 5.70. The molecule has 1 spiro atoms. The predicted octanol–water partition coefficient (Wildman–Crippen LogP) is 3.15. The Balaban J connectivity index is 1.83. The van der Waals surface area contributed by atoms with Crippen LogP contribution in [-0.2, 0) is 9.47 Å². The molecule has 2 heterocycles. The number of pyridine rings is 1. The van der Waals surface area contributed by atoms with Crippen molar-refractivity contribution in [3.05, 3.63) is 34.6 Å². The highest BCUT2D eigenvalue weighted by atomic mass is 79.9. The lowest BCUT2D eigenvalue weighted by atomic mass is 9.90. The van der Waals surface area contributed by atoms with Crippen molar-refractivity contribution in [1.29, 1.82) is 0 Å². The van der Waals surface area contributed by atoms with Gasteiger partial charge in [0.05, 0.1) is 13.2 Å². The van der Waals surface area contributed by atoms with Gasteiger partial charge in [-0.25, -0.2) is 0 Å². The first-order valence-corrected chi connectivity index (χ1v) is 6.65. The zero-order valence-corrected chi connectivity index (χ0v) is 11.1. The first kappa shape index (κ1) is 11.4. The fourth-order valence-electron chi connectivity index (χ4n) is 2.45. The van der Waals surface area contributed by atoms with Gasteiger partial charge in [0, 0.05) is 29.7 Å². The van der Waals surface area contributed by atoms with Crippen LogP contribution < -0.4 is 0 Å². The van der Waals surface area contributed by atoms with Crippen LogP contribution in [0.25, 0.3) is 5.57 Å². The summed E-state index contributed by atoms with van der Waals surface area (Å²) < 4.78 is 12.5. The molecule has 0 N–H and O–H groups in total. The van der Waals surface area contributed by atoms with Gasteiger partial charge in [0.2, 0.25) is 0 Å². The predicted molar refractivity (Wildman–Crippen MR) is 68.4 cm³/mol.